The molecule has 2 rings (SSSR count). The van der Waals surface area contributed by atoms with Crippen molar-refractivity contribution in [2.45, 2.75) is 11.4 Å². The molecule has 0 spiro atoms. The van der Waals surface area contributed by atoms with E-state index in [4.69, 9.17) is 0 Å². The summed E-state index contributed by atoms with van der Waals surface area (Å²) in [7, 11) is 1.89. The Bertz CT molecular complexity index is 599. The van der Waals surface area contributed by atoms with Gasteiger partial charge in [0.15, 0.2) is 0 Å². The largest absolute Gasteiger partial charge is 0.322 e. The zero-order valence-electron chi connectivity index (χ0n) is 11.6. The molecule has 0 radical (unpaired) electrons. The second-order valence-electron chi connectivity index (χ2n) is 4.34. The average Bonchev–Trinajstić information content (AvgIpc) is 2.49. The number of hydrogen-bond donors (Lipinski definition) is 2. The fraction of sp³-hybridized carbons (Fsp3) is 0.188. The minimum atomic E-state index is -0.0708. The highest BCUT2D eigenvalue weighted by atomic mass is 32.2. The number of benzene rings is 2. The van der Waals surface area contributed by atoms with E-state index in [0.29, 0.717) is 5.56 Å². The molecule has 0 atom stereocenters. The molecule has 0 aliphatic heterocycles. The van der Waals surface area contributed by atoms with Crippen molar-refractivity contribution in [2.75, 3.05) is 18.6 Å². The van der Waals surface area contributed by atoms with E-state index in [-0.39, 0.29) is 5.91 Å². The summed E-state index contributed by atoms with van der Waals surface area (Å²) < 4.78 is 0. The number of carbonyl (C=O) groups excluding carboxylic acids is 1. The van der Waals surface area contributed by atoms with Crippen molar-refractivity contribution in [2.24, 2.45) is 0 Å². The maximum Gasteiger partial charge on any atom is 0.256 e. The Balaban J connectivity index is 2.24. The molecule has 0 aromatic heterocycles. The van der Waals surface area contributed by atoms with Gasteiger partial charge in [-0.3, -0.25) is 4.79 Å². The van der Waals surface area contributed by atoms with Crippen LogP contribution in [0.25, 0.3) is 0 Å². The standard InChI is InChI=1S/C16H18N2OS/c1-17-11-12-7-3-5-9-14(12)18-16(19)13-8-4-6-10-15(13)20-2/h3-10,17H,11H2,1-2H3,(H,18,19). The number of nitrogens with one attached hydrogen (secondary N) is 2. The third-order valence-electron chi connectivity index (χ3n) is 2.98. The Kier molecular flexibility index (Phi) is 5.21. The van der Waals surface area contributed by atoms with Crippen molar-refractivity contribution in [3.05, 3.63) is 59.7 Å². The summed E-state index contributed by atoms with van der Waals surface area (Å²) >= 11 is 1.58. The first-order valence-corrected chi connectivity index (χ1v) is 7.65. The summed E-state index contributed by atoms with van der Waals surface area (Å²) in [6.45, 7) is 0.723. The number of rotatable bonds is 5. The molecule has 0 aliphatic carbocycles. The van der Waals surface area contributed by atoms with E-state index in [1.807, 2.05) is 61.8 Å². The first-order valence-electron chi connectivity index (χ1n) is 6.43. The van der Waals surface area contributed by atoms with Crippen LogP contribution in [0.15, 0.2) is 53.4 Å². The van der Waals surface area contributed by atoms with Gasteiger partial charge in [0.25, 0.3) is 5.91 Å². The van der Waals surface area contributed by atoms with E-state index < -0.39 is 0 Å². The molecular weight excluding hydrogens is 268 g/mol. The SMILES string of the molecule is CNCc1ccccc1NC(=O)c1ccccc1SC. The van der Waals surface area contributed by atoms with Crippen LogP contribution in [-0.2, 0) is 6.54 Å². The van der Waals surface area contributed by atoms with Crippen molar-refractivity contribution < 1.29 is 4.79 Å². The zero-order chi connectivity index (χ0) is 14.4. The van der Waals surface area contributed by atoms with Crippen LogP contribution in [-0.4, -0.2) is 19.2 Å². The third kappa shape index (κ3) is 3.40. The number of anilines is 1. The number of amides is 1. The van der Waals surface area contributed by atoms with E-state index in [1.165, 1.54) is 0 Å². The fourth-order valence-corrected chi connectivity index (χ4v) is 2.60. The summed E-state index contributed by atoms with van der Waals surface area (Å²) in [5.74, 6) is -0.0708. The molecule has 1 amide bonds. The second kappa shape index (κ2) is 7.12. The lowest BCUT2D eigenvalue weighted by molar-refractivity contribution is 0.102. The Morgan fingerprint density at radius 1 is 1.10 bits per heavy atom. The molecule has 0 saturated carbocycles. The van der Waals surface area contributed by atoms with Gasteiger partial charge < -0.3 is 10.6 Å². The van der Waals surface area contributed by atoms with Gasteiger partial charge in [-0.1, -0.05) is 30.3 Å². The van der Waals surface area contributed by atoms with E-state index in [0.717, 1.165) is 22.7 Å². The van der Waals surface area contributed by atoms with Gasteiger partial charge in [0.1, 0.15) is 0 Å². The van der Waals surface area contributed by atoms with Crippen LogP contribution in [0, 0.1) is 0 Å². The van der Waals surface area contributed by atoms with Crippen molar-refractivity contribution in [3.8, 4) is 0 Å². The fourth-order valence-electron chi connectivity index (χ4n) is 2.01. The minimum Gasteiger partial charge on any atom is -0.322 e. The normalized spacial score (nSPS) is 10.3. The topological polar surface area (TPSA) is 41.1 Å². The molecule has 2 aromatic rings. The molecule has 3 nitrogen and oxygen atoms in total. The molecule has 0 heterocycles. The van der Waals surface area contributed by atoms with Gasteiger partial charge in [0.05, 0.1) is 5.56 Å². The van der Waals surface area contributed by atoms with Crippen molar-refractivity contribution in [3.63, 3.8) is 0 Å². The Morgan fingerprint density at radius 2 is 1.80 bits per heavy atom. The monoisotopic (exact) mass is 286 g/mol. The third-order valence-corrected chi connectivity index (χ3v) is 3.78. The van der Waals surface area contributed by atoms with Crippen molar-refractivity contribution in [1.82, 2.24) is 5.32 Å². The predicted octanol–water partition coefficient (Wildman–Crippen LogP) is 3.38. The van der Waals surface area contributed by atoms with Crippen LogP contribution >= 0.6 is 11.8 Å². The lowest BCUT2D eigenvalue weighted by Crippen LogP contribution is -2.16. The summed E-state index contributed by atoms with van der Waals surface area (Å²) in [4.78, 5) is 13.4. The van der Waals surface area contributed by atoms with Crippen molar-refractivity contribution >= 4 is 23.4 Å². The van der Waals surface area contributed by atoms with Gasteiger partial charge in [0, 0.05) is 17.1 Å². The molecule has 2 aromatic carbocycles. The van der Waals surface area contributed by atoms with Gasteiger partial charge in [-0.05, 0) is 37.1 Å². The number of hydrogen-bond acceptors (Lipinski definition) is 3. The predicted molar refractivity (Wildman–Crippen MR) is 85.4 cm³/mol. The van der Waals surface area contributed by atoms with E-state index in [1.54, 1.807) is 11.8 Å². The van der Waals surface area contributed by atoms with Gasteiger partial charge in [0.2, 0.25) is 0 Å². The van der Waals surface area contributed by atoms with Crippen LogP contribution in [0.1, 0.15) is 15.9 Å². The highest BCUT2D eigenvalue weighted by Crippen LogP contribution is 2.22. The minimum absolute atomic E-state index is 0.0708. The highest BCUT2D eigenvalue weighted by Gasteiger charge is 2.11. The molecule has 0 fully saturated rings. The van der Waals surface area contributed by atoms with E-state index in [9.17, 15) is 4.79 Å². The molecule has 4 heteroatoms. The van der Waals surface area contributed by atoms with E-state index in [2.05, 4.69) is 10.6 Å². The number of para-hydroxylation sites is 1. The van der Waals surface area contributed by atoms with Crippen LogP contribution in [0.3, 0.4) is 0 Å². The van der Waals surface area contributed by atoms with Crippen LogP contribution in [0.2, 0.25) is 0 Å². The maximum absolute atomic E-state index is 12.4. The Morgan fingerprint density at radius 3 is 2.55 bits per heavy atom. The first-order chi connectivity index (χ1) is 9.76. The molecule has 20 heavy (non-hydrogen) atoms. The van der Waals surface area contributed by atoms with Crippen molar-refractivity contribution in [1.29, 1.82) is 0 Å². The Hall–Kier alpha value is -1.78. The molecule has 0 unspecified atom stereocenters. The lowest BCUT2D eigenvalue weighted by Gasteiger charge is -2.12. The summed E-state index contributed by atoms with van der Waals surface area (Å²) in [6.07, 6.45) is 1.97. The van der Waals surface area contributed by atoms with E-state index >= 15 is 0 Å². The molecule has 0 aliphatic rings. The lowest BCUT2D eigenvalue weighted by atomic mass is 10.1. The van der Waals surface area contributed by atoms with Crippen LogP contribution < -0.4 is 10.6 Å². The van der Waals surface area contributed by atoms with Gasteiger partial charge >= 0.3 is 0 Å². The molecule has 0 saturated heterocycles. The van der Waals surface area contributed by atoms with Crippen LogP contribution in [0.4, 0.5) is 5.69 Å². The van der Waals surface area contributed by atoms with Gasteiger partial charge in [-0.25, -0.2) is 0 Å². The first kappa shape index (κ1) is 14.6. The number of carbonyl (C=O) groups is 1. The maximum atomic E-state index is 12.4. The van der Waals surface area contributed by atoms with Gasteiger partial charge in [-0.15, -0.1) is 11.8 Å². The average molecular weight is 286 g/mol. The summed E-state index contributed by atoms with van der Waals surface area (Å²) in [5.41, 5.74) is 2.63. The molecular formula is C16H18N2OS. The highest BCUT2D eigenvalue weighted by molar-refractivity contribution is 7.98. The Labute approximate surface area is 123 Å². The second-order valence-corrected chi connectivity index (χ2v) is 5.19. The molecule has 0 bridgehead atoms. The number of thioether (sulfide) groups is 1. The summed E-state index contributed by atoms with van der Waals surface area (Å²) in [6, 6.07) is 15.5. The van der Waals surface area contributed by atoms with Crippen LogP contribution in [0.5, 0.6) is 0 Å². The zero-order valence-corrected chi connectivity index (χ0v) is 12.5. The molecule has 104 valence electrons. The smallest absolute Gasteiger partial charge is 0.256 e. The summed E-state index contributed by atoms with van der Waals surface area (Å²) in [5, 5.41) is 6.10. The quantitative estimate of drug-likeness (QED) is 0.828. The molecule has 2 N–H and O–H groups in total. The van der Waals surface area contributed by atoms with Gasteiger partial charge in [-0.2, -0.15) is 0 Å².